The number of hydrogen-bond donors (Lipinski definition) is 1. The molecule has 0 spiro atoms. The van der Waals surface area contributed by atoms with E-state index in [1.54, 1.807) is 11.3 Å². The molecule has 0 radical (unpaired) electrons. The van der Waals surface area contributed by atoms with Crippen LogP contribution < -0.4 is 5.32 Å². The van der Waals surface area contributed by atoms with Crippen molar-refractivity contribution in [1.82, 2.24) is 10.3 Å². The monoisotopic (exact) mass is 374 g/mol. The van der Waals surface area contributed by atoms with Gasteiger partial charge in [-0.1, -0.05) is 6.07 Å². The van der Waals surface area contributed by atoms with Crippen molar-refractivity contribution in [3.05, 3.63) is 49.3 Å². The average molecular weight is 376 g/mol. The second-order valence-electron chi connectivity index (χ2n) is 3.65. The highest BCUT2D eigenvalue weighted by Crippen LogP contribution is 2.36. The number of hydrogen-bond acceptors (Lipinski definition) is 3. The molecule has 0 amide bonds. The number of thiophene rings is 1. The molecule has 1 unspecified atom stereocenters. The van der Waals surface area contributed by atoms with E-state index in [0.717, 1.165) is 15.9 Å². The highest BCUT2D eigenvalue weighted by molar-refractivity contribution is 9.12. The first-order chi connectivity index (χ1) is 8.20. The normalized spacial score (nSPS) is 12.6. The molecule has 5 heteroatoms. The summed E-state index contributed by atoms with van der Waals surface area (Å²) in [5, 5.41) is 3.34. The van der Waals surface area contributed by atoms with E-state index in [9.17, 15) is 0 Å². The van der Waals surface area contributed by atoms with E-state index in [1.165, 1.54) is 9.35 Å². The van der Waals surface area contributed by atoms with E-state index in [0.29, 0.717) is 0 Å². The number of halogens is 2. The molecule has 0 aliphatic heterocycles. The second kappa shape index (κ2) is 6.09. The van der Waals surface area contributed by atoms with Gasteiger partial charge in [-0.3, -0.25) is 4.98 Å². The third-order valence-electron chi connectivity index (χ3n) is 2.55. The van der Waals surface area contributed by atoms with Crippen LogP contribution in [0.2, 0.25) is 0 Å². The minimum Gasteiger partial charge on any atom is -0.313 e. The van der Waals surface area contributed by atoms with E-state index in [-0.39, 0.29) is 6.04 Å². The maximum absolute atomic E-state index is 4.36. The minimum absolute atomic E-state index is 0.279. The predicted octanol–water partition coefficient (Wildman–Crippen LogP) is 4.17. The van der Waals surface area contributed by atoms with Gasteiger partial charge in [0.2, 0.25) is 0 Å². The SMILES string of the molecule is CNC(Cc1ccccn1)c1cc(Br)sc1Br. The number of pyridine rings is 1. The summed E-state index contributed by atoms with van der Waals surface area (Å²) in [6.07, 6.45) is 2.72. The van der Waals surface area contributed by atoms with Crippen LogP contribution in [-0.4, -0.2) is 12.0 Å². The van der Waals surface area contributed by atoms with Crippen LogP contribution in [0, 0.1) is 0 Å². The van der Waals surface area contributed by atoms with Crippen molar-refractivity contribution in [3.8, 4) is 0 Å². The fraction of sp³-hybridized carbons (Fsp3) is 0.250. The second-order valence-corrected chi connectivity index (χ2v) is 7.40. The van der Waals surface area contributed by atoms with Gasteiger partial charge < -0.3 is 5.32 Å². The standard InChI is InChI=1S/C12H12Br2N2S/c1-15-10(6-8-4-2-3-5-16-8)9-7-11(13)17-12(9)14/h2-5,7,10,15H,6H2,1H3. The van der Waals surface area contributed by atoms with Gasteiger partial charge in [-0.2, -0.15) is 0 Å². The molecule has 2 heterocycles. The third kappa shape index (κ3) is 3.37. The van der Waals surface area contributed by atoms with Crippen LogP contribution in [0.5, 0.6) is 0 Å². The zero-order valence-electron chi connectivity index (χ0n) is 9.28. The molecule has 1 N–H and O–H groups in total. The molecule has 2 rings (SSSR count). The van der Waals surface area contributed by atoms with Crippen LogP contribution in [0.4, 0.5) is 0 Å². The largest absolute Gasteiger partial charge is 0.313 e. The van der Waals surface area contributed by atoms with Crippen molar-refractivity contribution >= 4 is 43.2 Å². The van der Waals surface area contributed by atoms with E-state index >= 15 is 0 Å². The first-order valence-electron chi connectivity index (χ1n) is 5.22. The van der Waals surface area contributed by atoms with Gasteiger partial charge in [-0.15, -0.1) is 11.3 Å². The Hall–Kier alpha value is -0.230. The fourth-order valence-corrected chi connectivity index (χ4v) is 4.66. The summed E-state index contributed by atoms with van der Waals surface area (Å²) in [5.74, 6) is 0. The third-order valence-corrected chi connectivity index (χ3v) is 4.93. The summed E-state index contributed by atoms with van der Waals surface area (Å²) in [4.78, 5) is 4.36. The van der Waals surface area contributed by atoms with Crippen molar-refractivity contribution in [2.45, 2.75) is 12.5 Å². The fourth-order valence-electron chi connectivity index (χ4n) is 1.69. The molecule has 0 aromatic carbocycles. The number of nitrogens with one attached hydrogen (secondary N) is 1. The average Bonchev–Trinajstić information content (AvgIpc) is 2.67. The molecular weight excluding hydrogens is 364 g/mol. The zero-order valence-corrected chi connectivity index (χ0v) is 13.3. The lowest BCUT2D eigenvalue weighted by Crippen LogP contribution is -2.19. The van der Waals surface area contributed by atoms with E-state index in [2.05, 4.69) is 54.3 Å². The lowest BCUT2D eigenvalue weighted by atomic mass is 10.1. The Morgan fingerprint density at radius 2 is 2.24 bits per heavy atom. The smallest absolute Gasteiger partial charge is 0.0758 e. The van der Waals surface area contributed by atoms with E-state index < -0.39 is 0 Å². The molecule has 1 atom stereocenters. The van der Waals surface area contributed by atoms with Crippen molar-refractivity contribution in [1.29, 1.82) is 0 Å². The first kappa shape index (κ1) is 13.2. The van der Waals surface area contributed by atoms with Gasteiger partial charge in [0, 0.05) is 24.4 Å². The minimum atomic E-state index is 0.279. The van der Waals surface area contributed by atoms with Crippen LogP contribution in [0.1, 0.15) is 17.3 Å². The van der Waals surface area contributed by atoms with Crippen molar-refractivity contribution < 1.29 is 0 Å². The molecule has 0 fully saturated rings. The predicted molar refractivity (Wildman–Crippen MR) is 79.5 cm³/mol. The maximum atomic E-state index is 4.36. The van der Waals surface area contributed by atoms with Gasteiger partial charge in [-0.25, -0.2) is 0 Å². The summed E-state index contributed by atoms with van der Waals surface area (Å²) in [6, 6.07) is 8.45. The lowest BCUT2D eigenvalue weighted by molar-refractivity contribution is 0.584. The molecule has 2 aromatic heterocycles. The van der Waals surface area contributed by atoms with Gasteiger partial charge in [0.25, 0.3) is 0 Å². The molecule has 2 nitrogen and oxygen atoms in total. The van der Waals surface area contributed by atoms with Crippen molar-refractivity contribution in [2.75, 3.05) is 7.05 Å². The number of aromatic nitrogens is 1. The Bertz CT molecular complexity index is 485. The number of rotatable bonds is 4. The molecule has 90 valence electrons. The summed E-state index contributed by atoms with van der Waals surface area (Å²) >= 11 is 8.81. The van der Waals surface area contributed by atoms with Gasteiger partial charge in [0.05, 0.1) is 7.57 Å². The molecule has 0 saturated carbocycles. The molecule has 2 aromatic rings. The molecule has 0 bridgehead atoms. The highest BCUT2D eigenvalue weighted by atomic mass is 79.9. The molecule has 0 aliphatic carbocycles. The Labute approximate surface area is 122 Å². The van der Waals surface area contributed by atoms with Gasteiger partial charge in [-0.05, 0) is 62.7 Å². The van der Waals surface area contributed by atoms with E-state index in [1.807, 2.05) is 25.4 Å². The highest BCUT2D eigenvalue weighted by Gasteiger charge is 2.16. The molecular formula is C12H12Br2N2S. The molecule has 17 heavy (non-hydrogen) atoms. The Balaban J connectivity index is 2.20. The lowest BCUT2D eigenvalue weighted by Gasteiger charge is -2.15. The Kier molecular flexibility index (Phi) is 4.73. The molecule has 0 saturated heterocycles. The zero-order chi connectivity index (χ0) is 12.3. The van der Waals surface area contributed by atoms with Gasteiger partial charge in [0.15, 0.2) is 0 Å². The summed E-state index contributed by atoms with van der Waals surface area (Å²) < 4.78 is 2.31. The molecule has 0 aliphatic rings. The van der Waals surface area contributed by atoms with Crippen LogP contribution in [0.15, 0.2) is 38.0 Å². The van der Waals surface area contributed by atoms with Gasteiger partial charge >= 0.3 is 0 Å². The maximum Gasteiger partial charge on any atom is 0.0758 e. The van der Waals surface area contributed by atoms with Crippen molar-refractivity contribution in [3.63, 3.8) is 0 Å². The van der Waals surface area contributed by atoms with E-state index in [4.69, 9.17) is 0 Å². The van der Waals surface area contributed by atoms with Crippen LogP contribution in [-0.2, 0) is 6.42 Å². The number of nitrogens with zero attached hydrogens (tertiary/aromatic N) is 1. The Morgan fingerprint density at radius 1 is 1.41 bits per heavy atom. The van der Waals surface area contributed by atoms with Crippen LogP contribution >= 0.6 is 43.2 Å². The topological polar surface area (TPSA) is 24.9 Å². The Morgan fingerprint density at radius 3 is 2.76 bits per heavy atom. The van der Waals surface area contributed by atoms with Crippen molar-refractivity contribution in [2.24, 2.45) is 0 Å². The summed E-state index contributed by atoms with van der Waals surface area (Å²) in [7, 11) is 1.98. The number of likely N-dealkylation sites (N-methyl/N-ethyl adjacent to an activating group) is 1. The summed E-state index contributed by atoms with van der Waals surface area (Å²) in [6.45, 7) is 0. The van der Waals surface area contributed by atoms with Crippen LogP contribution in [0.25, 0.3) is 0 Å². The van der Waals surface area contributed by atoms with Gasteiger partial charge in [0.1, 0.15) is 0 Å². The quantitative estimate of drug-likeness (QED) is 0.867. The van der Waals surface area contributed by atoms with Crippen LogP contribution in [0.3, 0.4) is 0 Å². The summed E-state index contributed by atoms with van der Waals surface area (Å²) in [5.41, 5.74) is 2.37. The first-order valence-corrected chi connectivity index (χ1v) is 7.63.